The lowest BCUT2D eigenvalue weighted by molar-refractivity contribution is 0.199. The third kappa shape index (κ3) is 3.02. The van der Waals surface area contributed by atoms with Crippen molar-refractivity contribution in [3.63, 3.8) is 0 Å². The quantitative estimate of drug-likeness (QED) is 0.891. The smallest absolute Gasteiger partial charge is 0.0782 e. The molecule has 1 aromatic rings. The van der Waals surface area contributed by atoms with Crippen LogP contribution in [0.3, 0.4) is 0 Å². The molecule has 0 saturated heterocycles. The zero-order valence-electron chi connectivity index (χ0n) is 10.5. The van der Waals surface area contributed by atoms with Crippen molar-refractivity contribution >= 4 is 21.6 Å². The summed E-state index contributed by atoms with van der Waals surface area (Å²) < 4.78 is 1.03. The summed E-state index contributed by atoms with van der Waals surface area (Å²) in [6.07, 6.45) is 3.30. The van der Waals surface area contributed by atoms with E-state index >= 15 is 0 Å². The molecule has 1 saturated carbocycles. The number of anilines is 1. The van der Waals surface area contributed by atoms with Gasteiger partial charge >= 0.3 is 0 Å². The Morgan fingerprint density at radius 2 is 2.18 bits per heavy atom. The number of aliphatic hydroxyl groups is 1. The molecule has 2 nitrogen and oxygen atoms in total. The fourth-order valence-corrected chi connectivity index (χ4v) is 2.63. The highest BCUT2D eigenvalue weighted by Crippen LogP contribution is 2.36. The molecule has 0 bridgehead atoms. The molecule has 94 valence electrons. The van der Waals surface area contributed by atoms with Gasteiger partial charge in [0.05, 0.1) is 6.10 Å². The number of aliphatic hydroxyl groups excluding tert-OH is 1. The van der Waals surface area contributed by atoms with E-state index in [1.807, 2.05) is 13.0 Å². The minimum Gasteiger partial charge on any atom is -0.389 e. The Morgan fingerprint density at radius 3 is 2.71 bits per heavy atom. The Hall–Kier alpha value is -0.540. The van der Waals surface area contributed by atoms with Crippen LogP contribution < -0.4 is 4.90 Å². The van der Waals surface area contributed by atoms with Crippen LogP contribution in [0.4, 0.5) is 5.69 Å². The van der Waals surface area contributed by atoms with Crippen molar-refractivity contribution in [1.82, 2.24) is 0 Å². The average molecular weight is 298 g/mol. The van der Waals surface area contributed by atoms with E-state index in [4.69, 9.17) is 0 Å². The highest BCUT2D eigenvalue weighted by atomic mass is 79.9. The summed E-state index contributed by atoms with van der Waals surface area (Å²) in [6, 6.07) is 6.91. The predicted octanol–water partition coefficient (Wildman–Crippen LogP) is 3.88. The molecule has 1 N–H and O–H groups in total. The van der Waals surface area contributed by atoms with Crippen molar-refractivity contribution < 1.29 is 5.11 Å². The summed E-state index contributed by atoms with van der Waals surface area (Å²) in [5.41, 5.74) is 2.23. The normalized spacial score (nSPS) is 16.9. The largest absolute Gasteiger partial charge is 0.389 e. The summed E-state index contributed by atoms with van der Waals surface area (Å²) in [7, 11) is 0. The molecule has 2 rings (SSSR count). The maximum Gasteiger partial charge on any atom is 0.0782 e. The lowest BCUT2D eigenvalue weighted by Crippen LogP contribution is -2.27. The van der Waals surface area contributed by atoms with E-state index in [1.165, 1.54) is 18.5 Å². The van der Waals surface area contributed by atoms with E-state index < -0.39 is 6.10 Å². The van der Waals surface area contributed by atoms with E-state index in [1.54, 1.807) is 0 Å². The number of rotatable bonds is 5. The van der Waals surface area contributed by atoms with Gasteiger partial charge in [0.25, 0.3) is 0 Å². The molecule has 3 heteroatoms. The minimum atomic E-state index is -0.416. The predicted molar refractivity (Wildman–Crippen MR) is 75.4 cm³/mol. The molecular weight excluding hydrogens is 278 g/mol. The SMILES string of the molecule is CCCN(c1ccc(Br)cc1C(C)O)C1CC1. The van der Waals surface area contributed by atoms with E-state index in [9.17, 15) is 5.11 Å². The van der Waals surface area contributed by atoms with Crippen LogP contribution in [0.15, 0.2) is 22.7 Å². The molecule has 0 aromatic heterocycles. The third-order valence-electron chi connectivity index (χ3n) is 3.20. The van der Waals surface area contributed by atoms with E-state index in [2.05, 4.69) is 39.9 Å². The van der Waals surface area contributed by atoms with Crippen LogP contribution in [0, 0.1) is 0 Å². The molecule has 0 amide bonds. The van der Waals surface area contributed by atoms with Gasteiger partial charge in [0, 0.05) is 28.3 Å². The molecule has 1 aromatic carbocycles. The molecule has 0 aliphatic heterocycles. The van der Waals surface area contributed by atoms with Crippen molar-refractivity contribution in [1.29, 1.82) is 0 Å². The Morgan fingerprint density at radius 1 is 1.47 bits per heavy atom. The van der Waals surface area contributed by atoms with Gasteiger partial charge in [-0.1, -0.05) is 22.9 Å². The second-order valence-corrected chi connectivity index (χ2v) is 5.72. The van der Waals surface area contributed by atoms with Crippen molar-refractivity contribution in [3.8, 4) is 0 Å². The average Bonchev–Trinajstić information content (AvgIpc) is 3.10. The Labute approximate surface area is 112 Å². The van der Waals surface area contributed by atoms with Gasteiger partial charge < -0.3 is 10.0 Å². The molecule has 1 fully saturated rings. The Balaban J connectivity index is 2.34. The maximum absolute atomic E-state index is 9.90. The number of hydrogen-bond acceptors (Lipinski definition) is 2. The van der Waals surface area contributed by atoms with Gasteiger partial charge in [-0.25, -0.2) is 0 Å². The number of benzene rings is 1. The summed E-state index contributed by atoms with van der Waals surface area (Å²) >= 11 is 3.48. The number of hydrogen-bond donors (Lipinski definition) is 1. The van der Waals surface area contributed by atoms with Gasteiger partial charge in [-0.2, -0.15) is 0 Å². The van der Waals surface area contributed by atoms with Gasteiger partial charge in [-0.05, 0) is 44.4 Å². The highest BCUT2D eigenvalue weighted by Gasteiger charge is 2.30. The van der Waals surface area contributed by atoms with Gasteiger partial charge in [0.1, 0.15) is 0 Å². The van der Waals surface area contributed by atoms with Crippen molar-refractivity contribution in [3.05, 3.63) is 28.2 Å². The van der Waals surface area contributed by atoms with Crippen LogP contribution in [-0.4, -0.2) is 17.7 Å². The molecule has 0 heterocycles. The summed E-state index contributed by atoms with van der Waals surface area (Å²) in [6.45, 7) is 5.12. The minimum absolute atomic E-state index is 0.416. The standard InChI is InChI=1S/C14H20BrNO/c1-3-8-16(12-5-6-12)14-7-4-11(15)9-13(14)10(2)17/h4,7,9-10,12,17H,3,5-6,8H2,1-2H3. The van der Waals surface area contributed by atoms with Gasteiger partial charge in [0.2, 0.25) is 0 Å². The summed E-state index contributed by atoms with van der Waals surface area (Å²) in [4.78, 5) is 2.45. The fourth-order valence-electron chi connectivity index (χ4n) is 2.25. The molecule has 17 heavy (non-hydrogen) atoms. The highest BCUT2D eigenvalue weighted by molar-refractivity contribution is 9.10. The molecule has 1 unspecified atom stereocenters. The van der Waals surface area contributed by atoms with E-state index in [0.29, 0.717) is 6.04 Å². The van der Waals surface area contributed by atoms with Crippen molar-refractivity contribution in [2.24, 2.45) is 0 Å². The van der Waals surface area contributed by atoms with E-state index in [-0.39, 0.29) is 0 Å². The fraction of sp³-hybridized carbons (Fsp3) is 0.571. The molecule has 1 aliphatic carbocycles. The monoisotopic (exact) mass is 297 g/mol. The lowest BCUT2D eigenvalue weighted by Gasteiger charge is -2.27. The second kappa shape index (κ2) is 5.40. The first-order valence-corrected chi connectivity index (χ1v) is 7.17. The molecule has 1 aliphatic rings. The Bertz CT molecular complexity index is 388. The molecule has 0 spiro atoms. The van der Waals surface area contributed by atoms with Crippen LogP contribution in [0.5, 0.6) is 0 Å². The zero-order valence-corrected chi connectivity index (χ0v) is 12.1. The van der Waals surface area contributed by atoms with E-state index in [0.717, 1.165) is 23.0 Å². The van der Waals surface area contributed by atoms with Crippen LogP contribution in [0.1, 0.15) is 44.8 Å². The summed E-state index contributed by atoms with van der Waals surface area (Å²) in [5, 5.41) is 9.90. The molecular formula is C14H20BrNO. The zero-order chi connectivity index (χ0) is 12.4. The van der Waals surface area contributed by atoms with Crippen LogP contribution >= 0.6 is 15.9 Å². The van der Waals surface area contributed by atoms with Gasteiger partial charge in [-0.3, -0.25) is 0 Å². The lowest BCUT2D eigenvalue weighted by atomic mass is 10.1. The topological polar surface area (TPSA) is 23.5 Å². The van der Waals surface area contributed by atoms with Crippen LogP contribution in [-0.2, 0) is 0 Å². The number of nitrogens with zero attached hydrogens (tertiary/aromatic N) is 1. The van der Waals surface area contributed by atoms with Crippen molar-refractivity contribution in [2.75, 3.05) is 11.4 Å². The van der Waals surface area contributed by atoms with Gasteiger partial charge in [0.15, 0.2) is 0 Å². The first kappa shape index (κ1) is 12.9. The summed E-state index contributed by atoms with van der Waals surface area (Å²) in [5.74, 6) is 0. The molecule has 0 radical (unpaired) electrons. The van der Waals surface area contributed by atoms with Crippen LogP contribution in [0.2, 0.25) is 0 Å². The maximum atomic E-state index is 9.90. The van der Waals surface area contributed by atoms with Crippen molar-refractivity contribution in [2.45, 2.75) is 45.3 Å². The first-order valence-electron chi connectivity index (χ1n) is 6.37. The third-order valence-corrected chi connectivity index (χ3v) is 3.69. The number of halogens is 1. The Kier molecular flexibility index (Phi) is 4.10. The molecule has 1 atom stereocenters. The van der Waals surface area contributed by atoms with Gasteiger partial charge in [-0.15, -0.1) is 0 Å². The first-order chi connectivity index (χ1) is 8.13. The second-order valence-electron chi connectivity index (χ2n) is 4.80. The van der Waals surface area contributed by atoms with Crippen LogP contribution in [0.25, 0.3) is 0 Å².